The lowest BCUT2D eigenvalue weighted by Gasteiger charge is -2.41. The molecule has 0 saturated carbocycles. The quantitative estimate of drug-likeness (QED) is 0.891. The molecule has 0 bridgehead atoms. The zero-order valence-electron chi connectivity index (χ0n) is 16.4. The van der Waals surface area contributed by atoms with Crippen molar-refractivity contribution < 1.29 is 24.1 Å². The highest BCUT2D eigenvalue weighted by molar-refractivity contribution is 5.90. The van der Waals surface area contributed by atoms with Gasteiger partial charge in [0.1, 0.15) is 0 Å². The normalized spacial score (nSPS) is 17.7. The lowest BCUT2D eigenvalue weighted by molar-refractivity contribution is 0.222. The average Bonchev–Trinajstić information content (AvgIpc) is 2.69. The summed E-state index contributed by atoms with van der Waals surface area (Å²) in [6.07, 6.45) is 1.65. The van der Waals surface area contributed by atoms with Crippen LogP contribution < -0.4 is 18.9 Å². The number of methoxy groups -OCH3 is 4. The lowest BCUT2D eigenvalue weighted by Crippen LogP contribution is -2.36. The number of nitrogens with zero attached hydrogens (tertiary/aromatic N) is 1. The van der Waals surface area contributed by atoms with Gasteiger partial charge in [-0.3, -0.25) is 4.90 Å². The van der Waals surface area contributed by atoms with Crippen LogP contribution in [0.25, 0.3) is 11.1 Å². The number of phenolic OH excluding ortho intramolecular Hbond substituents is 1. The molecule has 0 fully saturated rings. The van der Waals surface area contributed by atoms with Crippen LogP contribution in [0, 0.1) is 0 Å². The van der Waals surface area contributed by atoms with Crippen molar-refractivity contribution in [2.45, 2.75) is 18.9 Å². The molecular formula is C21H25NO5. The second kappa shape index (κ2) is 6.53. The third kappa shape index (κ3) is 2.36. The number of benzene rings is 2. The predicted molar refractivity (Wildman–Crippen MR) is 103 cm³/mol. The molecule has 6 heteroatoms. The van der Waals surface area contributed by atoms with Crippen molar-refractivity contribution in [3.8, 4) is 39.9 Å². The summed E-state index contributed by atoms with van der Waals surface area (Å²) in [5.41, 5.74) is 4.97. The first-order valence-electron chi connectivity index (χ1n) is 9.01. The Bertz CT molecular complexity index is 908. The molecule has 2 aromatic rings. The van der Waals surface area contributed by atoms with Crippen LogP contribution in [0.4, 0.5) is 0 Å². The van der Waals surface area contributed by atoms with E-state index in [-0.39, 0.29) is 11.8 Å². The molecule has 4 rings (SSSR count). The van der Waals surface area contributed by atoms with E-state index < -0.39 is 0 Å². The summed E-state index contributed by atoms with van der Waals surface area (Å²) in [6.45, 7) is 0.931. The van der Waals surface area contributed by atoms with Crippen molar-refractivity contribution in [2.24, 2.45) is 0 Å². The molecule has 0 unspecified atom stereocenters. The Labute approximate surface area is 159 Å². The van der Waals surface area contributed by atoms with E-state index >= 15 is 0 Å². The van der Waals surface area contributed by atoms with Gasteiger partial charge in [-0.1, -0.05) is 6.07 Å². The maximum Gasteiger partial charge on any atom is 0.204 e. The Morgan fingerprint density at radius 2 is 1.63 bits per heavy atom. The first-order valence-corrected chi connectivity index (χ1v) is 9.01. The summed E-state index contributed by atoms with van der Waals surface area (Å²) in [6, 6.07) is 4.03. The second-order valence-electron chi connectivity index (χ2n) is 6.97. The molecule has 1 aliphatic carbocycles. The van der Waals surface area contributed by atoms with E-state index in [4.69, 9.17) is 18.9 Å². The smallest absolute Gasteiger partial charge is 0.204 e. The van der Waals surface area contributed by atoms with Gasteiger partial charge in [0.2, 0.25) is 5.75 Å². The zero-order valence-corrected chi connectivity index (χ0v) is 16.4. The number of phenols is 1. The summed E-state index contributed by atoms with van der Waals surface area (Å²) in [5.74, 6) is 2.44. The van der Waals surface area contributed by atoms with Crippen LogP contribution in [0.5, 0.6) is 28.7 Å². The van der Waals surface area contributed by atoms with Crippen molar-refractivity contribution in [1.82, 2.24) is 4.90 Å². The van der Waals surface area contributed by atoms with E-state index in [0.29, 0.717) is 17.2 Å². The van der Waals surface area contributed by atoms with Crippen molar-refractivity contribution in [3.63, 3.8) is 0 Å². The van der Waals surface area contributed by atoms with Crippen LogP contribution in [-0.2, 0) is 12.8 Å². The number of aromatic hydroxyl groups is 1. The van der Waals surface area contributed by atoms with E-state index in [2.05, 4.69) is 11.9 Å². The third-order valence-electron chi connectivity index (χ3n) is 5.81. The predicted octanol–water partition coefficient (Wildman–Crippen LogP) is 3.18. The Balaban J connectivity index is 2.16. The SMILES string of the molecule is COc1ccc2c(c1O)-c1c(OC)c(OC)c(OC)c3c1[C@@H](C2)N(C)CC3. The molecule has 0 spiro atoms. The fraction of sp³-hybridized carbons (Fsp3) is 0.429. The van der Waals surface area contributed by atoms with Crippen LogP contribution in [0.1, 0.15) is 22.7 Å². The minimum atomic E-state index is 0.134. The average molecular weight is 371 g/mol. The first-order chi connectivity index (χ1) is 13.1. The van der Waals surface area contributed by atoms with Gasteiger partial charge in [-0.25, -0.2) is 0 Å². The number of rotatable bonds is 4. The van der Waals surface area contributed by atoms with Crippen LogP contribution in [0.15, 0.2) is 12.1 Å². The largest absolute Gasteiger partial charge is 0.504 e. The summed E-state index contributed by atoms with van der Waals surface area (Å²) < 4.78 is 22.6. The van der Waals surface area contributed by atoms with Gasteiger partial charge in [-0.05, 0) is 37.1 Å². The van der Waals surface area contributed by atoms with Gasteiger partial charge in [0.25, 0.3) is 0 Å². The Hall–Kier alpha value is -2.60. The number of hydrogen-bond donors (Lipinski definition) is 1. The molecule has 1 atom stereocenters. The van der Waals surface area contributed by atoms with Gasteiger partial charge >= 0.3 is 0 Å². The second-order valence-corrected chi connectivity index (χ2v) is 6.97. The third-order valence-corrected chi connectivity index (χ3v) is 5.81. The number of likely N-dealkylation sites (N-methyl/N-ethyl adjacent to an activating group) is 1. The van der Waals surface area contributed by atoms with E-state index in [9.17, 15) is 5.11 Å². The fourth-order valence-corrected chi connectivity index (χ4v) is 4.57. The van der Waals surface area contributed by atoms with Gasteiger partial charge in [0.05, 0.1) is 28.4 Å². The van der Waals surface area contributed by atoms with Crippen LogP contribution in [-0.4, -0.2) is 52.0 Å². The maximum atomic E-state index is 11.0. The fourth-order valence-electron chi connectivity index (χ4n) is 4.57. The molecular weight excluding hydrogens is 346 g/mol. The van der Waals surface area contributed by atoms with Crippen molar-refractivity contribution >= 4 is 0 Å². The first kappa shape index (κ1) is 17.8. The summed E-state index contributed by atoms with van der Waals surface area (Å²) in [5, 5.41) is 11.0. The molecule has 0 radical (unpaired) electrons. The van der Waals surface area contributed by atoms with Gasteiger partial charge in [-0.15, -0.1) is 0 Å². The Morgan fingerprint density at radius 3 is 2.26 bits per heavy atom. The molecule has 2 aromatic carbocycles. The number of hydrogen-bond acceptors (Lipinski definition) is 6. The van der Waals surface area contributed by atoms with Crippen LogP contribution >= 0.6 is 0 Å². The highest BCUT2D eigenvalue weighted by Crippen LogP contribution is 2.59. The van der Waals surface area contributed by atoms with E-state index in [1.165, 1.54) is 0 Å². The topological polar surface area (TPSA) is 60.4 Å². The molecule has 6 nitrogen and oxygen atoms in total. The molecule has 0 aromatic heterocycles. The Morgan fingerprint density at radius 1 is 0.926 bits per heavy atom. The maximum absolute atomic E-state index is 11.0. The zero-order chi connectivity index (χ0) is 19.3. The highest BCUT2D eigenvalue weighted by Gasteiger charge is 2.40. The molecule has 1 N–H and O–H groups in total. The Kier molecular flexibility index (Phi) is 4.30. The van der Waals surface area contributed by atoms with Crippen molar-refractivity contribution in [1.29, 1.82) is 0 Å². The van der Waals surface area contributed by atoms with Crippen molar-refractivity contribution in [3.05, 3.63) is 28.8 Å². The van der Waals surface area contributed by atoms with E-state index in [1.54, 1.807) is 28.4 Å². The van der Waals surface area contributed by atoms with Gasteiger partial charge in [0, 0.05) is 29.3 Å². The number of fused-ring (bicyclic) bond motifs is 2. The standard InChI is InChI=1S/C21H25NO5/c1-22-9-8-12-16-13(22)10-11-6-7-14(24-2)18(23)15(11)17(16)20(26-4)21(27-5)19(12)25-3/h6-7,13,23H,8-10H2,1-5H3/t13-/m1/s1. The molecule has 1 aliphatic heterocycles. The van der Waals surface area contributed by atoms with Gasteiger partial charge in [-0.2, -0.15) is 0 Å². The number of ether oxygens (including phenoxy) is 4. The van der Waals surface area contributed by atoms with Crippen molar-refractivity contribution in [2.75, 3.05) is 42.0 Å². The van der Waals surface area contributed by atoms with Crippen LogP contribution in [0.2, 0.25) is 0 Å². The minimum Gasteiger partial charge on any atom is -0.504 e. The van der Waals surface area contributed by atoms with Crippen LogP contribution in [0.3, 0.4) is 0 Å². The summed E-state index contributed by atoms with van der Waals surface area (Å²) in [4.78, 5) is 2.35. The molecule has 0 saturated heterocycles. The molecule has 144 valence electrons. The van der Waals surface area contributed by atoms with E-state index in [0.717, 1.165) is 53.0 Å². The molecule has 1 heterocycles. The van der Waals surface area contributed by atoms with E-state index in [1.807, 2.05) is 12.1 Å². The summed E-state index contributed by atoms with van der Waals surface area (Å²) in [7, 11) is 8.58. The lowest BCUT2D eigenvalue weighted by atomic mass is 9.75. The summed E-state index contributed by atoms with van der Waals surface area (Å²) >= 11 is 0. The monoisotopic (exact) mass is 371 g/mol. The molecule has 2 aliphatic rings. The minimum absolute atomic E-state index is 0.134. The van der Waals surface area contributed by atoms with Gasteiger partial charge in [0.15, 0.2) is 23.0 Å². The molecule has 0 amide bonds. The molecule has 27 heavy (non-hydrogen) atoms. The highest BCUT2D eigenvalue weighted by atomic mass is 16.5. The van der Waals surface area contributed by atoms with Gasteiger partial charge < -0.3 is 24.1 Å².